The number of hydrogen-bond donors (Lipinski definition) is 2. The molecule has 0 atom stereocenters. The molecule has 0 aliphatic heterocycles. The molecule has 1 amide bonds. The normalized spacial score (nSPS) is 10.7. The van der Waals surface area contributed by atoms with E-state index in [0.29, 0.717) is 16.6 Å². The molecular weight excluding hydrogens is 479 g/mol. The molecule has 8 heteroatoms. The predicted molar refractivity (Wildman–Crippen MR) is 123 cm³/mol. The van der Waals surface area contributed by atoms with E-state index < -0.39 is 17.7 Å². The number of benzene rings is 3. The number of aromatic nitrogens is 1. The van der Waals surface area contributed by atoms with Gasteiger partial charge in [-0.1, -0.05) is 46.3 Å². The molecule has 1 heterocycles. The molecule has 0 unspecified atom stereocenters. The molecule has 0 saturated heterocycles. The molecule has 0 saturated carbocycles. The number of carbonyl (C=O) groups is 2. The van der Waals surface area contributed by atoms with Crippen molar-refractivity contribution < 1.29 is 23.8 Å². The van der Waals surface area contributed by atoms with Gasteiger partial charge >= 0.3 is 5.97 Å². The molecule has 0 aliphatic rings. The standard InChI is InChI=1S/C24H16BrFN2O4/c1-32-22-20(23(29)28-19-9-7-14(24(30)31)11-17(19)26)16-12-15(25)8-10-18(16)27-21(22)13-5-3-2-4-6-13/h2-12H,1H3,(H,28,29)(H,30,31). The van der Waals surface area contributed by atoms with Gasteiger partial charge in [0.25, 0.3) is 5.91 Å². The largest absolute Gasteiger partial charge is 0.494 e. The van der Waals surface area contributed by atoms with Crippen LogP contribution in [-0.2, 0) is 0 Å². The van der Waals surface area contributed by atoms with Gasteiger partial charge in [0.1, 0.15) is 11.5 Å². The van der Waals surface area contributed by atoms with Crippen molar-refractivity contribution in [1.29, 1.82) is 0 Å². The smallest absolute Gasteiger partial charge is 0.335 e. The number of fused-ring (bicyclic) bond motifs is 1. The third kappa shape index (κ3) is 4.04. The van der Waals surface area contributed by atoms with Crippen LogP contribution in [0.2, 0.25) is 0 Å². The van der Waals surface area contributed by atoms with Crippen molar-refractivity contribution in [2.75, 3.05) is 12.4 Å². The molecule has 6 nitrogen and oxygen atoms in total. The summed E-state index contributed by atoms with van der Waals surface area (Å²) in [5, 5.41) is 12.1. The van der Waals surface area contributed by atoms with Crippen LogP contribution in [0.15, 0.2) is 71.2 Å². The van der Waals surface area contributed by atoms with Gasteiger partial charge in [0, 0.05) is 15.4 Å². The van der Waals surface area contributed by atoms with Crippen molar-refractivity contribution in [3.8, 4) is 17.0 Å². The van der Waals surface area contributed by atoms with Gasteiger partial charge in [-0.2, -0.15) is 0 Å². The molecule has 3 aromatic carbocycles. The van der Waals surface area contributed by atoms with Gasteiger partial charge in [0.05, 0.1) is 29.4 Å². The van der Waals surface area contributed by atoms with E-state index in [9.17, 15) is 14.0 Å². The van der Waals surface area contributed by atoms with E-state index >= 15 is 0 Å². The zero-order valence-electron chi connectivity index (χ0n) is 16.7. The molecule has 0 aliphatic carbocycles. The Kier molecular flexibility index (Phi) is 5.87. The summed E-state index contributed by atoms with van der Waals surface area (Å²) in [4.78, 5) is 29.1. The van der Waals surface area contributed by atoms with E-state index in [2.05, 4.69) is 21.2 Å². The van der Waals surface area contributed by atoms with Crippen molar-refractivity contribution in [2.24, 2.45) is 0 Å². The van der Waals surface area contributed by atoms with Crippen LogP contribution in [0.4, 0.5) is 10.1 Å². The Balaban J connectivity index is 1.89. The average Bonchev–Trinajstić information content (AvgIpc) is 2.79. The van der Waals surface area contributed by atoms with E-state index in [0.717, 1.165) is 16.1 Å². The SMILES string of the molecule is COc1c(-c2ccccc2)nc2ccc(Br)cc2c1C(=O)Nc1ccc(C(=O)O)cc1F. The number of rotatable bonds is 5. The summed E-state index contributed by atoms with van der Waals surface area (Å²) in [7, 11) is 1.44. The number of methoxy groups -OCH3 is 1. The summed E-state index contributed by atoms with van der Waals surface area (Å²) < 4.78 is 20.8. The topological polar surface area (TPSA) is 88.5 Å². The van der Waals surface area contributed by atoms with E-state index in [-0.39, 0.29) is 22.6 Å². The summed E-state index contributed by atoms with van der Waals surface area (Å²) >= 11 is 3.41. The third-order valence-corrected chi connectivity index (χ3v) is 5.34. The molecular formula is C24H16BrFN2O4. The number of hydrogen-bond acceptors (Lipinski definition) is 4. The highest BCUT2D eigenvalue weighted by Gasteiger charge is 2.24. The number of ether oxygens (including phenoxy) is 1. The molecule has 0 radical (unpaired) electrons. The van der Waals surface area contributed by atoms with Crippen molar-refractivity contribution in [3.63, 3.8) is 0 Å². The molecule has 32 heavy (non-hydrogen) atoms. The van der Waals surface area contributed by atoms with Crippen LogP contribution >= 0.6 is 15.9 Å². The lowest BCUT2D eigenvalue weighted by molar-refractivity contribution is 0.0696. The Morgan fingerprint density at radius 2 is 1.81 bits per heavy atom. The van der Waals surface area contributed by atoms with Crippen LogP contribution in [0.25, 0.3) is 22.2 Å². The minimum Gasteiger partial charge on any atom is -0.494 e. The van der Waals surface area contributed by atoms with Gasteiger partial charge in [-0.3, -0.25) is 4.79 Å². The van der Waals surface area contributed by atoms with Crippen LogP contribution in [0.3, 0.4) is 0 Å². The van der Waals surface area contributed by atoms with Gasteiger partial charge < -0.3 is 15.2 Å². The van der Waals surface area contributed by atoms with Gasteiger partial charge in [0.2, 0.25) is 0 Å². The highest BCUT2D eigenvalue weighted by Crippen LogP contribution is 2.37. The Morgan fingerprint density at radius 3 is 2.47 bits per heavy atom. The highest BCUT2D eigenvalue weighted by atomic mass is 79.9. The van der Waals surface area contributed by atoms with Crippen LogP contribution in [-0.4, -0.2) is 29.1 Å². The lowest BCUT2D eigenvalue weighted by Gasteiger charge is -2.16. The summed E-state index contributed by atoms with van der Waals surface area (Å²) in [6, 6.07) is 17.9. The van der Waals surface area contributed by atoms with Crippen LogP contribution < -0.4 is 10.1 Å². The predicted octanol–water partition coefficient (Wildman–Crippen LogP) is 5.76. The Hall–Kier alpha value is -3.78. The molecule has 0 spiro atoms. The maximum absolute atomic E-state index is 14.5. The fourth-order valence-corrected chi connectivity index (χ4v) is 3.73. The van der Waals surface area contributed by atoms with Crippen molar-refractivity contribution >= 4 is 44.4 Å². The number of nitrogens with zero attached hydrogens (tertiary/aromatic N) is 1. The van der Waals surface area contributed by atoms with Crippen molar-refractivity contribution in [2.45, 2.75) is 0 Å². The first-order chi connectivity index (χ1) is 15.4. The van der Waals surface area contributed by atoms with E-state index in [4.69, 9.17) is 14.8 Å². The summed E-state index contributed by atoms with van der Waals surface area (Å²) in [6.07, 6.45) is 0. The van der Waals surface area contributed by atoms with Crippen LogP contribution in [0, 0.1) is 5.82 Å². The first-order valence-corrected chi connectivity index (χ1v) is 10.2. The zero-order chi connectivity index (χ0) is 22.8. The van der Waals surface area contributed by atoms with E-state index in [1.54, 1.807) is 12.1 Å². The zero-order valence-corrected chi connectivity index (χ0v) is 18.3. The fraction of sp³-hybridized carbons (Fsp3) is 0.0417. The number of aromatic carboxylic acids is 1. The molecule has 0 fully saturated rings. The Labute approximate surface area is 190 Å². The second kappa shape index (κ2) is 8.76. The number of halogens is 2. The summed E-state index contributed by atoms with van der Waals surface area (Å²) in [6.45, 7) is 0. The van der Waals surface area contributed by atoms with Crippen LogP contribution in [0.1, 0.15) is 20.7 Å². The van der Waals surface area contributed by atoms with E-state index in [1.165, 1.54) is 19.2 Å². The average molecular weight is 495 g/mol. The molecule has 4 aromatic rings. The number of carboxylic acid groups (broad SMARTS) is 1. The number of nitrogens with one attached hydrogen (secondary N) is 1. The van der Waals surface area contributed by atoms with E-state index in [1.807, 2.05) is 36.4 Å². The third-order valence-electron chi connectivity index (χ3n) is 4.84. The molecule has 0 bridgehead atoms. The van der Waals surface area contributed by atoms with Gasteiger partial charge in [0.15, 0.2) is 5.75 Å². The maximum Gasteiger partial charge on any atom is 0.335 e. The maximum atomic E-state index is 14.5. The first-order valence-electron chi connectivity index (χ1n) is 9.46. The second-order valence-corrected chi connectivity index (χ2v) is 7.77. The molecule has 2 N–H and O–H groups in total. The number of amides is 1. The summed E-state index contributed by atoms with van der Waals surface area (Å²) in [5.74, 6) is -2.51. The number of carbonyl (C=O) groups excluding carboxylic acids is 1. The Morgan fingerprint density at radius 1 is 1.06 bits per heavy atom. The fourth-order valence-electron chi connectivity index (χ4n) is 3.37. The summed E-state index contributed by atoms with van der Waals surface area (Å²) in [5.41, 5.74) is 1.58. The molecule has 4 rings (SSSR count). The number of anilines is 1. The van der Waals surface area contributed by atoms with Crippen molar-refractivity contribution in [3.05, 3.63) is 88.1 Å². The number of pyridine rings is 1. The van der Waals surface area contributed by atoms with Gasteiger partial charge in [-0.05, 0) is 36.4 Å². The molecule has 1 aromatic heterocycles. The van der Waals surface area contributed by atoms with Crippen molar-refractivity contribution in [1.82, 2.24) is 4.98 Å². The minimum absolute atomic E-state index is 0.150. The molecule has 160 valence electrons. The lowest BCUT2D eigenvalue weighted by Crippen LogP contribution is -2.16. The highest BCUT2D eigenvalue weighted by molar-refractivity contribution is 9.10. The van der Waals surface area contributed by atoms with Gasteiger partial charge in [-0.15, -0.1) is 0 Å². The van der Waals surface area contributed by atoms with Gasteiger partial charge in [-0.25, -0.2) is 14.2 Å². The quantitative estimate of drug-likeness (QED) is 0.368. The first kappa shape index (κ1) is 21.5. The number of carboxylic acids is 1. The minimum atomic E-state index is -1.26. The second-order valence-electron chi connectivity index (χ2n) is 6.85. The lowest BCUT2D eigenvalue weighted by atomic mass is 10.0. The monoisotopic (exact) mass is 494 g/mol. The van der Waals surface area contributed by atoms with Crippen LogP contribution in [0.5, 0.6) is 5.75 Å². The Bertz CT molecular complexity index is 1360.